The summed E-state index contributed by atoms with van der Waals surface area (Å²) in [6.45, 7) is 2.79. The lowest BCUT2D eigenvalue weighted by atomic mass is 10.2. The molecule has 0 fully saturated rings. The number of nitrogens with zero attached hydrogens (tertiary/aromatic N) is 1. The highest BCUT2D eigenvalue weighted by molar-refractivity contribution is 5.93. The molecule has 3 aromatic carbocycles. The first-order valence-electron chi connectivity index (χ1n) is 9.16. The summed E-state index contributed by atoms with van der Waals surface area (Å²) in [5.74, 6) is -0.00373. The maximum absolute atomic E-state index is 12.6. The first-order valence-corrected chi connectivity index (χ1v) is 9.16. The number of carbonyl (C=O) groups is 1. The Balaban J connectivity index is 1.61. The Morgan fingerprint density at radius 3 is 2.37 bits per heavy atom. The summed E-state index contributed by atoms with van der Waals surface area (Å²) in [6, 6.07) is 28.6. The summed E-state index contributed by atoms with van der Waals surface area (Å²) in [6.07, 6.45) is 0.343. The lowest BCUT2D eigenvalue weighted by Crippen LogP contribution is -2.17. The second-order valence-electron chi connectivity index (χ2n) is 6.86. The van der Waals surface area contributed by atoms with Crippen LogP contribution in [0.4, 0.5) is 5.69 Å². The number of nitrogens with one attached hydrogen (secondary N) is 1. The van der Waals surface area contributed by atoms with E-state index in [0.717, 1.165) is 28.8 Å². The lowest BCUT2D eigenvalue weighted by Gasteiger charge is -2.12. The Hall–Kier alpha value is -3.33. The van der Waals surface area contributed by atoms with E-state index in [1.54, 1.807) is 0 Å². The molecular weight excluding hydrogens is 332 g/mol. The summed E-state index contributed by atoms with van der Waals surface area (Å²) in [4.78, 5) is 12.6. The van der Waals surface area contributed by atoms with Crippen LogP contribution in [0.5, 0.6) is 0 Å². The fourth-order valence-electron chi connectivity index (χ4n) is 3.37. The first kappa shape index (κ1) is 17.1. The number of hydrogen-bond acceptors (Lipinski definition) is 1. The maximum atomic E-state index is 12.6. The van der Waals surface area contributed by atoms with E-state index in [4.69, 9.17) is 0 Å². The monoisotopic (exact) mass is 354 g/mol. The molecule has 0 spiro atoms. The van der Waals surface area contributed by atoms with Gasteiger partial charge in [-0.25, -0.2) is 0 Å². The van der Waals surface area contributed by atoms with Crippen LogP contribution in [0.3, 0.4) is 0 Å². The minimum absolute atomic E-state index is 0.00373. The number of rotatable bonds is 5. The summed E-state index contributed by atoms with van der Waals surface area (Å²) in [7, 11) is 0. The molecule has 0 saturated carbocycles. The van der Waals surface area contributed by atoms with Crippen molar-refractivity contribution in [3.8, 4) is 0 Å². The number of fused-ring (bicyclic) bond motifs is 1. The average Bonchev–Trinajstić information content (AvgIpc) is 3.01. The van der Waals surface area contributed by atoms with Crippen LogP contribution in [-0.2, 0) is 17.8 Å². The molecule has 27 heavy (non-hydrogen) atoms. The van der Waals surface area contributed by atoms with Gasteiger partial charge in [-0.2, -0.15) is 0 Å². The third-order valence-corrected chi connectivity index (χ3v) is 4.76. The molecule has 0 aliphatic carbocycles. The summed E-state index contributed by atoms with van der Waals surface area (Å²) >= 11 is 0. The molecular formula is C24H22N2O. The van der Waals surface area contributed by atoms with Crippen LogP contribution in [0.25, 0.3) is 10.9 Å². The lowest BCUT2D eigenvalue weighted by molar-refractivity contribution is -0.115. The molecule has 1 aromatic heterocycles. The number of carbonyl (C=O) groups excluding carboxylic acids is 1. The highest BCUT2D eigenvalue weighted by Crippen LogP contribution is 2.22. The fourth-order valence-corrected chi connectivity index (χ4v) is 3.37. The molecule has 0 aliphatic heterocycles. The minimum Gasteiger partial charge on any atom is -0.340 e. The minimum atomic E-state index is -0.00373. The van der Waals surface area contributed by atoms with Crippen molar-refractivity contribution in [3.63, 3.8) is 0 Å². The number of benzene rings is 3. The van der Waals surface area contributed by atoms with Crippen LogP contribution in [0, 0.1) is 6.92 Å². The van der Waals surface area contributed by atoms with E-state index < -0.39 is 0 Å². The molecule has 0 bridgehead atoms. The van der Waals surface area contributed by atoms with Crippen molar-refractivity contribution < 1.29 is 4.79 Å². The van der Waals surface area contributed by atoms with Crippen LogP contribution in [0.1, 0.15) is 16.8 Å². The second kappa shape index (κ2) is 7.50. The van der Waals surface area contributed by atoms with Gasteiger partial charge in [-0.3, -0.25) is 4.79 Å². The number of amides is 1. The summed E-state index contributed by atoms with van der Waals surface area (Å²) in [5.41, 5.74) is 5.40. The van der Waals surface area contributed by atoms with Crippen molar-refractivity contribution >= 4 is 22.5 Å². The van der Waals surface area contributed by atoms with E-state index >= 15 is 0 Å². The van der Waals surface area contributed by atoms with Gasteiger partial charge in [0, 0.05) is 23.4 Å². The molecule has 1 N–H and O–H groups in total. The van der Waals surface area contributed by atoms with Gasteiger partial charge in [0.15, 0.2) is 0 Å². The molecule has 0 atom stereocenters. The Labute approximate surface area is 159 Å². The van der Waals surface area contributed by atoms with Gasteiger partial charge in [0.2, 0.25) is 5.91 Å². The van der Waals surface area contributed by atoms with Gasteiger partial charge in [-0.1, -0.05) is 66.2 Å². The molecule has 0 unspecified atom stereocenters. The van der Waals surface area contributed by atoms with E-state index in [-0.39, 0.29) is 5.91 Å². The van der Waals surface area contributed by atoms with Crippen molar-refractivity contribution in [1.29, 1.82) is 0 Å². The number of aryl methyl sites for hydroxylation is 1. The first-order chi connectivity index (χ1) is 13.2. The van der Waals surface area contributed by atoms with Crippen LogP contribution in [-0.4, -0.2) is 10.5 Å². The van der Waals surface area contributed by atoms with E-state index in [9.17, 15) is 4.79 Å². The van der Waals surface area contributed by atoms with Gasteiger partial charge in [0.1, 0.15) is 0 Å². The van der Waals surface area contributed by atoms with Gasteiger partial charge in [0.05, 0.1) is 6.42 Å². The van der Waals surface area contributed by atoms with E-state index in [2.05, 4.69) is 40.2 Å². The van der Waals surface area contributed by atoms with Crippen molar-refractivity contribution in [2.24, 2.45) is 0 Å². The van der Waals surface area contributed by atoms with Gasteiger partial charge >= 0.3 is 0 Å². The smallest absolute Gasteiger partial charge is 0.230 e. The van der Waals surface area contributed by atoms with Crippen molar-refractivity contribution in [1.82, 2.24) is 4.57 Å². The third kappa shape index (κ3) is 3.93. The standard InChI is InChI=1S/C24H22N2O/c1-18-11-13-21(14-12-18)25-24(27)16-22-15-20-9-5-6-10-23(20)26(22)17-19-7-3-2-4-8-19/h2-15H,16-17H2,1H3,(H,25,27). The highest BCUT2D eigenvalue weighted by Gasteiger charge is 2.13. The van der Waals surface area contributed by atoms with Gasteiger partial charge < -0.3 is 9.88 Å². The van der Waals surface area contributed by atoms with Crippen molar-refractivity contribution in [2.75, 3.05) is 5.32 Å². The zero-order chi connectivity index (χ0) is 18.6. The van der Waals surface area contributed by atoms with Crippen molar-refractivity contribution in [2.45, 2.75) is 19.9 Å². The predicted molar refractivity (Wildman–Crippen MR) is 111 cm³/mol. The number of para-hydroxylation sites is 1. The summed E-state index contributed by atoms with van der Waals surface area (Å²) in [5, 5.41) is 4.16. The Morgan fingerprint density at radius 1 is 0.889 bits per heavy atom. The van der Waals surface area contributed by atoms with E-state index in [1.807, 2.05) is 61.5 Å². The zero-order valence-corrected chi connectivity index (χ0v) is 15.4. The fraction of sp³-hybridized carbons (Fsp3) is 0.125. The number of hydrogen-bond donors (Lipinski definition) is 1. The highest BCUT2D eigenvalue weighted by atomic mass is 16.1. The predicted octanol–water partition coefficient (Wildman–Crippen LogP) is 5.18. The SMILES string of the molecule is Cc1ccc(NC(=O)Cc2cc3ccccc3n2Cc2ccccc2)cc1. The van der Waals surface area contributed by atoms with E-state index in [0.29, 0.717) is 6.42 Å². The van der Waals surface area contributed by atoms with Crippen LogP contribution in [0.2, 0.25) is 0 Å². The second-order valence-corrected chi connectivity index (χ2v) is 6.86. The zero-order valence-electron chi connectivity index (χ0n) is 15.4. The molecule has 1 heterocycles. The van der Waals surface area contributed by atoms with Gasteiger partial charge in [-0.15, -0.1) is 0 Å². The molecule has 0 aliphatic rings. The summed E-state index contributed by atoms with van der Waals surface area (Å²) < 4.78 is 2.24. The Bertz CT molecular complexity index is 1060. The van der Waals surface area contributed by atoms with E-state index in [1.165, 1.54) is 11.1 Å². The molecule has 0 saturated heterocycles. The van der Waals surface area contributed by atoms with Gasteiger partial charge in [0.25, 0.3) is 0 Å². The van der Waals surface area contributed by atoms with Crippen LogP contribution >= 0.6 is 0 Å². The molecule has 3 nitrogen and oxygen atoms in total. The Kier molecular flexibility index (Phi) is 4.75. The maximum Gasteiger partial charge on any atom is 0.230 e. The van der Waals surface area contributed by atoms with Crippen molar-refractivity contribution in [3.05, 3.63) is 102 Å². The largest absolute Gasteiger partial charge is 0.340 e. The topological polar surface area (TPSA) is 34.0 Å². The number of aromatic nitrogens is 1. The normalized spacial score (nSPS) is 10.9. The van der Waals surface area contributed by atoms with Crippen LogP contribution < -0.4 is 5.32 Å². The third-order valence-electron chi connectivity index (χ3n) is 4.76. The molecule has 134 valence electrons. The molecule has 4 aromatic rings. The molecule has 4 rings (SSSR count). The van der Waals surface area contributed by atoms with Crippen LogP contribution in [0.15, 0.2) is 84.9 Å². The quantitative estimate of drug-likeness (QED) is 0.526. The molecule has 3 heteroatoms. The Morgan fingerprint density at radius 2 is 1.59 bits per heavy atom. The number of anilines is 1. The average molecular weight is 354 g/mol. The van der Waals surface area contributed by atoms with Gasteiger partial charge in [-0.05, 0) is 42.1 Å². The molecule has 0 radical (unpaired) electrons. The molecule has 1 amide bonds.